The number of ether oxygens (including phenoxy) is 1. The molecule has 0 aliphatic rings. The van der Waals surface area contributed by atoms with Crippen LogP contribution in [-0.4, -0.2) is 28.9 Å². The number of esters is 1. The molecule has 0 saturated heterocycles. The molecule has 0 bridgehead atoms. The van der Waals surface area contributed by atoms with E-state index in [1.54, 1.807) is 6.07 Å². The maximum absolute atomic E-state index is 12.0. The Morgan fingerprint density at radius 1 is 1.21 bits per heavy atom. The van der Waals surface area contributed by atoms with Gasteiger partial charge < -0.3 is 9.30 Å². The molecular weight excluding hydrogens is 388 g/mol. The minimum atomic E-state index is -0.369. The Hall–Kier alpha value is -2.92. The summed E-state index contributed by atoms with van der Waals surface area (Å²) in [6.07, 6.45) is 1.65. The summed E-state index contributed by atoms with van der Waals surface area (Å²) >= 11 is 6.18. The first kappa shape index (κ1) is 20.8. The smallest absolute Gasteiger partial charge is 0.338 e. The Labute approximate surface area is 175 Å². The number of carbonyl (C=O) groups is 2. The van der Waals surface area contributed by atoms with Crippen LogP contribution < -0.4 is 0 Å². The molecular formula is C23H23ClN2O3. The second kappa shape index (κ2) is 9.05. The molecule has 29 heavy (non-hydrogen) atoms. The minimum Gasteiger partial charge on any atom is -0.465 e. The van der Waals surface area contributed by atoms with Gasteiger partial charge in [-0.1, -0.05) is 67.9 Å². The van der Waals surface area contributed by atoms with Gasteiger partial charge in [-0.2, -0.15) is 0 Å². The number of rotatable bonds is 7. The van der Waals surface area contributed by atoms with Crippen molar-refractivity contribution in [2.24, 2.45) is 0 Å². The van der Waals surface area contributed by atoms with Crippen molar-refractivity contribution < 1.29 is 14.3 Å². The van der Waals surface area contributed by atoms with E-state index in [0.29, 0.717) is 17.8 Å². The second-order valence-electron chi connectivity index (χ2n) is 6.89. The van der Waals surface area contributed by atoms with E-state index in [4.69, 9.17) is 16.3 Å². The standard InChI is InChI=1S/C23H23ClN2O3/c1-4-15(2)22-25-21(24)20(14-27)26(22)13-16-9-11-17(12-10-16)18-7-5-6-8-19(18)23(28)29-3/h5-12,14-15H,4,13H2,1-3H3. The van der Waals surface area contributed by atoms with E-state index in [2.05, 4.69) is 18.8 Å². The quantitative estimate of drug-likeness (QED) is 0.388. The Morgan fingerprint density at radius 2 is 1.90 bits per heavy atom. The number of aromatic nitrogens is 2. The van der Waals surface area contributed by atoms with E-state index in [9.17, 15) is 9.59 Å². The van der Waals surface area contributed by atoms with E-state index in [1.807, 2.05) is 47.0 Å². The predicted molar refractivity (Wildman–Crippen MR) is 114 cm³/mol. The monoisotopic (exact) mass is 410 g/mol. The Morgan fingerprint density at radius 3 is 2.52 bits per heavy atom. The number of carbonyl (C=O) groups excluding carboxylic acids is 2. The highest BCUT2D eigenvalue weighted by atomic mass is 35.5. The van der Waals surface area contributed by atoms with Gasteiger partial charge in [0.05, 0.1) is 12.7 Å². The highest BCUT2D eigenvalue weighted by Crippen LogP contribution is 2.27. The van der Waals surface area contributed by atoms with Crippen molar-refractivity contribution >= 4 is 23.9 Å². The zero-order valence-corrected chi connectivity index (χ0v) is 17.4. The van der Waals surface area contributed by atoms with Crippen molar-refractivity contribution in [2.75, 3.05) is 7.11 Å². The Kier molecular flexibility index (Phi) is 6.49. The third kappa shape index (κ3) is 4.25. The van der Waals surface area contributed by atoms with Crippen LogP contribution >= 0.6 is 11.6 Å². The molecule has 2 aromatic carbocycles. The highest BCUT2D eigenvalue weighted by Gasteiger charge is 2.19. The lowest BCUT2D eigenvalue weighted by molar-refractivity contribution is 0.0601. The van der Waals surface area contributed by atoms with Gasteiger partial charge in [0.15, 0.2) is 11.4 Å². The molecule has 1 atom stereocenters. The first-order chi connectivity index (χ1) is 14.0. The predicted octanol–water partition coefficient (Wildman–Crippen LogP) is 5.36. The van der Waals surface area contributed by atoms with Crippen LogP contribution in [-0.2, 0) is 11.3 Å². The molecule has 0 aliphatic carbocycles. The van der Waals surface area contributed by atoms with Crippen LogP contribution in [0.4, 0.5) is 0 Å². The van der Waals surface area contributed by atoms with Crippen molar-refractivity contribution in [1.82, 2.24) is 9.55 Å². The number of hydrogen-bond donors (Lipinski definition) is 0. The van der Waals surface area contributed by atoms with E-state index in [-0.39, 0.29) is 17.0 Å². The van der Waals surface area contributed by atoms with Crippen LogP contribution in [0.1, 0.15) is 58.4 Å². The highest BCUT2D eigenvalue weighted by molar-refractivity contribution is 6.31. The number of halogens is 1. The summed E-state index contributed by atoms with van der Waals surface area (Å²) in [5.74, 6) is 0.624. The average Bonchev–Trinajstić information content (AvgIpc) is 3.08. The first-order valence-corrected chi connectivity index (χ1v) is 9.85. The number of nitrogens with zero attached hydrogens (tertiary/aromatic N) is 2. The van der Waals surface area contributed by atoms with Crippen LogP contribution in [0.15, 0.2) is 48.5 Å². The molecule has 0 aliphatic heterocycles. The SMILES string of the molecule is CCC(C)c1nc(Cl)c(C=O)n1Cc1ccc(-c2ccccc2C(=O)OC)cc1. The third-order valence-corrected chi connectivity index (χ3v) is 5.37. The number of imidazole rings is 1. The van der Waals surface area contributed by atoms with Crippen LogP contribution in [0.2, 0.25) is 5.15 Å². The molecule has 150 valence electrons. The van der Waals surface area contributed by atoms with Crippen molar-refractivity contribution in [3.05, 3.63) is 76.3 Å². The van der Waals surface area contributed by atoms with Crippen molar-refractivity contribution in [3.63, 3.8) is 0 Å². The van der Waals surface area contributed by atoms with Gasteiger partial charge in [0, 0.05) is 12.5 Å². The van der Waals surface area contributed by atoms with Crippen LogP contribution in [0.25, 0.3) is 11.1 Å². The van der Waals surface area contributed by atoms with E-state index < -0.39 is 0 Å². The number of hydrogen-bond acceptors (Lipinski definition) is 4. The molecule has 1 aromatic heterocycles. The number of benzene rings is 2. The van der Waals surface area contributed by atoms with Crippen molar-refractivity contribution in [2.45, 2.75) is 32.7 Å². The number of aldehydes is 1. The molecule has 0 saturated carbocycles. The maximum Gasteiger partial charge on any atom is 0.338 e. The van der Waals surface area contributed by atoms with Crippen molar-refractivity contribution in [1.29, 1.82) is 0 Å². The zero-order chi connectivity index (χ0) is 21.0. The van der Waals surface area contributed by atoms with Crippen molar-refractivity contribution in [3.8, 4) is 11.1 Å². The normalized spacial score (nSPS) is 11.9. The summed E-state index contributed by atoms with van der Waals surface area (Å²) in [5.41, 5.74) is 3.64. The van der Waals surface area contributed by atoms with Gasteiger partial charge in [-0.25, -0.2) is 9.78 Å². The molecule has 0 spiro atoms. The number of methoxy groups -OCH3 is 1. The summed E-state index contributed by atoms with van der Waals surface area (Å²) in [6.45, 7) is 4.63. The molecule has 3 aromatic rings. The van der Waals surface area contributed by atoms with E-state index in [1.165, 1.54) is 7.11 Å². The van der Waals surface area contributed by atoms with Gasteiger partial charge in [-0.15, -0.1) is 0 Å². The molecule has 5 nitrogen and oxygen atoms in total. The largest absolute Gasteiger partial charge is 0.465 e. The van der Waals surface area contributed by atoms with Crippen LogP contribution in [0, 0.1) is 0 Å². The van der Waals surface area contributed by atoms with Crippen LogP contribution in [0.5, 0.6) is 0 Å². The minimum absolute atomic E-state index is 0.187. The summed E-state index contributed by atoms with van der Waals surface area (Å²) in [7, 11) is 1.37. The van der Waals surface area contributed by atoms with Gasteiger partial charge in [0.1, 0.15) is 11.5 Å². The molecule has 0 amide bonds. The lowest BCUT2D eigenvalue weighted by Gasteiger charge is -2.14. The molecule has 3 rings (SSSR count). The summed E-state index contributed by atoms with van der Waals surface area (Å²) in [5, 5.41) is 0.235. The van der Waals surface area contributed by atoms with Gasteiger partial charge in [0.25, 0.3) is 0 Å². The third-order valence-electron chi connectivity index (χ3n) is 5.09. The molecule has 1 heterocycles. The van der Waals surface area contributed by atoms with Gasteiger partial charge >= 0.3 is 5.97 Å². The van der Waals surface area contributed by atoms with Gasteiger partial charge in [-0.3, -0.25) is 4.79 Å². The summed E-state index contributed by atoms with van der Waals surface area (Å²) in [4.78, 5) is 28.0. The average molecular weight is 411 g/mol. The molecule has 0 fully saturated rings. The lowest BCUT2D eigenvalue weighted by Crippen LogP contribution is -2.10. The fourth-order valence-electron chi connectivity index (χ4n) is 3.29. The molecule has 0 radical (unpaired) electrons. The first-order valence-electron chi connectivity index (χ1n) is 9.47. The fourth-order valence-corrected chi connectivity index (χ4v) is 3.52. The molecule has 6 heteroatoms. The van der Waals surface area contributed by atoms with E-state index in [0.717, 1.165) is 35.2 Å². The van der Waals surface area contributed by atoms with Gasteiger partial charge in [0.2, 0.25) is 0 Å². The van der Waals surface area contributed by atoms with Gasteiger partial charge in [-0.05, 0) is 29.2 Å². The topological polar surface area (TPSA) is 61.2 Å². The maximum atomic E-state index is 12.0. The molecule has 0 N–H and O–H groups in total. The lowest BCUT2D eigenvalue weighted by atomic mass is 9.98. The second-order valence-corrected chi connectivity index (χ2v) is 7.25. The Balaban J connectivity index is 1.94. The summed E-state index contributed by atoms with van der Waals surface area (Å²) < 4.78 is 6.76. The van der Waals surface area contributed by atoms with E-state index >= 15 is 0 Å². The summed E-state index contributed by atoms with van der Waals surface area (Å²) in [6, 6.07) is 15.2. The van der Waals surface area contributed by atoms with Crippen LogP contribution in [0.3, 0.4) is 0 Å². The molecule has 1 unspecified atom stereocenters. The fraction of sp³-hybridized carbons (Fsp3) is 0.261. The zero-order valence-electron chi connectivity index (χ0n) is 16.7. The Bertz CT molecular complexity index is 1030.